The Hall–Kier alpha value is -1.56. The van der Waals surface area contributed by atoms with Crippen molar-refractivity contribution in [3.8, 4) is 0 Å². The van der Waals surface area contributed by atoms with E-state index in [1.165, 1.54) is 0 Å². The standard InChI is InChI=1S/C10H12BrN5/c11-8-4-13-5-9(12)10(8)15-2-1-7-3-14-6-16-7/h3-6H,1-2,12H2,(H,13,15)(H,14,16). The second-order valence-electron chi connectivity index (χ2n) is 3.34. The van der Waals surface area contributed by atoms with Crippen LogP contribution >= 0.6 is 15.9 Å². The van der Waals surface area contributed by atoms with Gasteiger partial charge >= 0.3 is 0 Å². The van der Waals surface area contributed by atoms with Crippen molar-refractivity contribution in [3.05, 3.63) is 35.1 Å². The van der Waals surface area contributed by atoms with Crippen molar-refractivity contribution in [1.82, 2.24) is 15.0 Å². The van der Waals surface area contributed by atoms with Gasteiger partial charge in [-0.1, -0.05) is 0 Å². The van der Waals surface area contributed by atoms with E-state index in [2.05, 4.69) is 36.2 Å². The third kappa shape index (κ3) is 2.52. The maximum atomic E-state index is 5.81. The van der Waals surface area contributed by atoms with Crippen LogP contribution in [0, 0.1) is 0 Å². The van der Waals surface area contributed by atoms with Gasteiger partial charge < -0.3 is 16.0 Å². The lowest BCUT2D eigenvalue weighted by atomic mass is 10.3. The van der Waals surface area contributed by atoms with Gasteiger partial charge in [0.2, 0.25) is 0 Å². The molecule has 16 heavy (non-hydrogen) atoms. The first kappa shape index (κ1) is 10.9. The molecule has 5 nitrogen and oxygen atoms in total. The Morgan fingerprint density at radius 3 is 2.88 bits per heavy atom. The maximum absolute atomic E-state index is 5.81. The number of hydrogen-bond acceptors (Lipinski definition) is 4. The van der Waals surface area contributed by atoms with E-state index in [1.54, 1.807) is 18.7 Å². The van der Waals surface area contributed by atoms with E-state index >= 15 is 0 Å². The molecule has 0 aliphatic heterocycles. The number of hydrogen-bond donors (Lipinski definition) is 3. The largest absolute Gasteiger partial charge is 0.396 e. The Morgan fingerprint density at radius 1 is 1.31 bits per heavy atom. The molecule has 0 fully saturated rings. The highest BCUT2D eigenvalue weighted by atomic mass is 79.9. The van der Waals surface area contributed by atoms with Gasteiger partial charge in [-0.05, 0) is 15.9 Å². The molecule has 84 valence electrons. The molecule has 0 radical (unpaired) electrons. The smallest absolute Gasteiger partial charge is 0.0921 e. The van der Waals surface area contributed by atoms with Crippen LogP contribution in [0.4, 0.5) is 11.4 Å². The number of halogens is 1. The number of nitrogen functional groups attached to an aromatic ring is 1. The molecule has 0 saturated heterocycles. The Balaban J connectivity index is 1.95. The molecule has 0 unspecified atom stereocenters. The van der Waals surface area contributed by atoms with Crippen molar-refractivity contribution in [3.63, 3.8) is 0 Å². The van der Waals surface area contributed by atoms with E-state index in [9.17, 15) is 0 Å². The zero-order valence-electron chi connectivity index (χ0n) is 8.57. The normalized spacial score (nSPS) is 10.3. The van der Waals surface area contributed by atoms with Crippen molar-refractivity contribution < 1.29 is 0 Å². The predicted octanol–water partition coefficient (Wildman–Crippen LogP) is 1.80. The lowest BCUT2D eigenvalue weighted by Crippen LogP contribution is -2.08. The SMILES string of the molecule is Nc1cncc(Br)c1NCCc1cnc[nH]1. The second kappa shape index (κ2) is 4.98. The highest BCUT2D eigenvalue weighted by molar-refractivity contribution is 9.10. The van der Waals surface area contributed by atoms with Crippen LogP contribution in [0.5, 0.6) is 0 Å². The van der Waals surface area contributed by atoms with Crippen LogP contribution in [-0.4, -0.2) is 21.5 Å². The number of pyridine rings is 1. The molecule has 0 aliphatic carbocycles. The second-order valence-corrected chi connectivity index (χ2v) is 4.19. The summed E-state index contributed by atoms with van der Waals surface area (Å²) in [7, 11) is 0. The fourth-order valence-corrected chi connectivity index (χ4v) is 1.87. The van der Waals surface area contributed by atoms with Gasteiger partial charge in [0.15, 0.2) is 0 Å². The Morgan fingerprint density at radius 2 is 2.19 bits per heavy atom. The summed E-state index contributed by atoms with van der Waals surface area (Å²) in [6.45, 7) is 0.787. The van der Waals surface area contributed by atoms with E-state index in [4.69, 9.17) is 5.73 Å². The summed E-state index contributed by atoms with van der Waals surface area (Å²) in [4.78, 5) is 11.0. The molecular weight excluding hydrogens is 270 g/mol. The van der Waals surface area contributed by atoms with E-state index in [-0.39, 0.29) is 0 Å². The van der Waals surface area contributed by atoms with Crippen LogP contribution in [-0.2, 0) is 6.42 Å². The summed E-state index contributed by atoms with van der Waals surface area (Å²) in [5, 5.41) is 3.26. The Kier molecular flexibility index (Phi) is 3.40. The Labute approximate surface area is 102 Å². The van der Waals surface area contributed by atoms with Crippen molar-refractivity contribution in [2.45, 2.75) is 6.42 Å². The fourth-order valence-electron chi connectivity index (χ4n) is 1.38. The van der Waals surface area contributed by atoms with E-state index in [0.717, 1.165) is 28.8 Å². The topological polar surface area (TPSA) is 79.6 Å². The van der Waals surface area contributed by atoms with Crippen molar-refractivity contribution in [2.75, 3.05) is 17.6 Å². The molecule has 2 rings (SSSR count). The van der Waals surface area contributed by atoms with Gasteiger partial charge in [-0.3, -0.25) is 4.98 Å². The number of aromatic amines is 1. The summed E-state index contributed by atoms with van der Waals surface area (Å²) in [5.41, 5.74) is 8.42. The lowest BCUT2D eigenvalue weighted by Gasteiger charge is -2.09. The molecule has 6 heteroatoms. The lowest BCUT2D eigenvalue weighted by molar-refractivity contribution is 0.975. The van der Waals surface area contributed by atoms with Gasteiger partial charge in [-0.25, -0.2) is 4.98 Å². The number of rotatable bonds is 4. The molecule has 4 N–H and O–H groups in total. The maximum Gasteiger partial charge on any atom is 0.0921 e. The number of aromatic nitrogens is 3. The average Bonchev–Trinajstić information content (AvgIpc) is 2.75. The fraction of sp³-hybridized carbons (Fsp3) is 0.200. The summed E-state index contributed by atoms with van der Waals surface area (Å²) < 4.78 is 0.872. The van der Waals surface area contributed by atoms with Gasteiger partial charge in [0.1, 0.15) is 0 Å². The van der Waals surface area contributed by atoms with Crippen LogP contribution in [0.25, 0.3) is 0 Å². The summed E-state index contributed by atoms with van der Waals surface area (Å²) >= 11 is 3.40. The summed E-state index contributed by atoms with van der Waals surface area (Å²) in [6, 6.07) is 0. The third-order valence-electron chi connectivity index (χ3n) is 2.18. The average molecular weight is 282 g/mol. The number of nitrogens with zero attached hydrogens (tertiary/aromatic N) is 2. The summed E-state index contributed by atoms with van der Waals surface area (Å²) in [5.74, 6) is 0. The van der Waals surface area contributed by atoms with Crippen molar-refractivity contribution >= 4 is 27.3 Å². The number of nitrogens with two attached hydrogens (primary N) is 1. The zero-order chi connectivity index (χ0) is 11.4. The molecule has 0 atom stereocenters. The van der Waals surface area contributed by atoms with Crippen molar-refractivity contribution in [1.29, 1.82) is 0 Å². The molecule has 2 aromatic rings. The van der Waals surface area contributed by atoms with Crippen LogP contribution in [0.1, 0.15) is 5.69 Å². The van der Waals surface area contributed by atoms with Crippen molar-refractivity contribution in [2.24, 2.45) is 0 Å². The molecule has 0 spiro atoms. The van der Waals surface area contributed by atoms with E-state index < -0.39 is 0 Å². The first-order chi connectivity index (χ1) is 7.77. The molecule has 2 heterocycles. The number of imidazole rings is 1. The van der Waals surface area contributed by atoms with Gasteiger partial charge in [0.25, 0.3) is 0 Å². The third-order valence-corrected chi connectivity index (χ3v) is 2.78. The minimum absolute atomic E-state index is 0.638. The molecule has 2 aromatic heterocycles. The Bertz CT molecular complexity index is 434. The molecule has 0 bridgehead atoms. The first-order valence-electron chi connectivity index (χ1n) is 4.87. The van der Waals surface area contributed by atoms with E-state index in [0.29, 0.717) is 5.69 Å². The number of anilines is 2. The minimum atomic E-state index is 0.638. The van der Waals surface area contributed by atoms with Crippen LogP contribution in [0.15, 0.2) is 29.4 Å². The predicted molar refractivity (Wildman–Crippen MR) is 67.1 cm³/mol. The van der Waals surface area contributed by atoms with Crippen LogP contribution < -0.4 is 11.1 Å². The molecule has 0 amide bonds. The molecule has 0 aliphatic rings. The molecule has 0 saturated carbocycles. The molecule has 0 aromatic carbocycles. The number of nitrogens with one attached hydrogen (secondary N) is 2. The summed E-state index contributed by atoms with van der Waals surface area (Å²) in [6.07, 6.45) is 7.70. The number of H-pyrrole nitrogens is 1. The zero-order valence-corrected chi connectivity index (χ0v) is 10.2. The highest BCUT2D eigenvalue weighted by Crippen LogP contribution is 2.26. The van der Waals surface area contributed by atoms with Gasteiger partial charge in [-0.15, -0.1) is 0 Å². The first-order valence-corrected chi connectivity index (χ1v) is 5.67. The quantitative estimate of drug-likeness (QED) is 0.799. The monoisotopic (exact) mass is 281 g/mol. The van der Waals surface area contributed by atoms with Crippen LogP contribution in [0.3, 0.4) is 0 Å². The minimum Gasteiger partial charge on any atom is -0.396 e. The highest BCUT2D eigenvalue weighted by Gasteiger charge is 2.03. The van der Waals surface area contributed by atoms with Gasteiger partial charge in [-0.2, -0.15) is 0 Å². The van der Waals surface area contributed by atoms with Crippen LogP contribution in [0.2, 0.25) is 0 Å². The van der Waals surface area contributed by atoms with Gasteiger partial charge in [0.05, 0.1) is 28.4 Å². The van der Waals surface area contributed by atoms with E-state index in [1.807, 2.05) is 6.20 Å². The van der Waals surface area contributed by atoms with Gasteiger partial charge in [0, 0.05) is 31.1 Å². The molecular formula is C10H12BrN5.